The molecule has 0 atom stereocenters. The Hall–Kier alpha value is -2.00. The van der Waals surface area contributed by atoms with Crippen LogP contribution in [0.15, 0.2) is 30.3 Å². The summed E-state index contributed by atoms with van der Waals surface area (Å²) >= 11 is 8.52. The van der Waals surface area contributed by atoms with Crippen molar-refractivity contribution in [2.75, 3.05) is 28.1 Å². The second-order valence-corrected chi connectivity index (χ2v) is 18.3. The summed E-state index contributed by atoms with van der Waals surface area (Å²) in [6.45, 7) is 4.57. The van der Waals surface area contributed by atoms with Gasteiger partial charge in [-0.2, -0.15) is 23.5 Å². The number of aromatic nitrogens is 4. The highest BCUT2D eigenvalue weighted by Gasteiger charge is 2.39. The molecule has 2 N–H and O–H groups in total. The van der Waals surface area contributed by atoms with E-state index in [1.165, 1.54) is 107 Å². The number of nitrogens with one attached hydrogen (secondary N) is 2. The van der Waals surface area contributed by atoms with Crippen molar-refractivity contribution in [1.82, 2.24) is 19.9 Å². The Balaban J connectivity index is 1.40. The summed E-state index contributed by atoms with van der Waals surface area (Å²) in [5.74, 6) is 5.01. The minimum absolute atomic E-state index is 0.326. The zero-order valence-corrected chi connectivity index (χ0v) is 31.2. The number of aromatic amines is 2. The van der Waals surface area contributed by atoms with E-state index in [9.17, 15) is 0 Å². The molecular weight excluding hydrogens is 653 g/mol. The van der Waals surface area contributed by atoms with Gasteiger partial charge in [0.25, 0.3) is 0 Å². The van der Waals surface area contributed by atoms with Crippen molar-refractivity contribution < 1.29 is 0 Å². The zero-order chi connectivity index (χ0) is 32.1. The second kappa shape index (κ2) is 15.7. The molecule has 0 saturated carbocycles. The summed E-state index contributed by atoms with van der Waals surface area (Å²) in [6.07, 6.45) is 21.1. The molecule has 8 heteroatoms. The molecule has 2 saturated heterocycles. The third-order valence-corrected chi connectivity index (χ3v) is 16.1. The lowest BCUT2D eigenvalue weighted by Crippen LogP contribution is -2.37. The Morgan fingerprint density at radius 3 is 1.66 bits per heavy atom. The fraction of sp³-hybridized carbons (Fsp3) is 0.487. The van der Waals surface area contributed by atoms with E-state index < -0.39 is 0 Å². The van der Waals surface area contributed by atoms with Gasteiger partial charge in [-0.15, -0.1) is 23.5 Å². The van der Waals surface area contributed by atoms with Crippen molar-refractivity contribution >= 4 is 93.4 Å². The number of thioether (sulfide) groups is 4. The first-order valence-electron chi connectivity index (χ1n) is 17.6. The van der Waals surface area contributed by atoms with Crippen LogP contribution < -0.4 is 0 Å². The van der Waals surface area contributed by atoms with E-state index >= 15 is 0 Å². The molecule has 0 aromatic carbocycles. The van der Waals surface area contributed by atoms with Crippen molar-refractivity contribution in [3.05, 3.63) is 69.8 Å². The van der Waals surface area contributed by atoms with E-state index in [0.29, 0.717) is 10.00 Å². The molecule has 47 heavy (non-hydrogen) atoms. The summed E-state index contributed by atoms with van der Waals surface area (Å²) in [5, 5.41) is 1.25. The smallest absolute Gasteiger partial charge is 0.0794 e. The van der Waals surface area contributed by atoms with Gasteiger partial charge >= 0.3 is 0 Å². The molecular formula is C39H48N4S4. The molecule has 0 unspecified atom stereocenters. The Morgan fingerprint density at radius 2 is 1.15 bits per heavy atom. The number of nitrogens with zero attached hydrogens (tertiary/aromatic N) is 2. The Labute approximate surface area is 297 Å². The maximum atomic E-state index is 5.46. The summed E-state index contributed by atoms with van der Waals surface area (Å²) < 4.78 is 0.326. The van der Waals surface area contributed by atoms with Gasteiger partial charge in [-0.25, -0.2) is 9.97 Å². The van der Waals surface area contributed by atoms with E-state index in [1.807, 2.05) is 0 Å². The summed E-state index contributed by atoms with van der Waals surface area (Å²) in [6, 6.07) is 11.2. The standard InChI is InChI=1S/C39H48N4S4/c1-3-5-7-9-11-29-31-15-13-27(40-31)21-28-14-16-32(41-28)30(12-10-8-6-4-2)34-18-20-36(43-34)37(35-19-17-33(29)42-35)38-46-24-39(25-47-38)22-44-26-45-23-39/h13-21,38,40-41H,3-12,22-26H2,1-2H3. The lowest BCUT2D eigenvalue weighted by molar-refractivity contribution is 0.510. The van der Waals surface area contributed by atoms with Crippen LogP contribution >= 0.6 is 47.0 Å². The third kappa shape index (κ3) is 7.76. The van der Waals surface area contributed by atoms with Crippen LogP contribution in [0, 0.1) is 5.41 Å². The maximum Gasteiger partial charge on any atom is 0.0794 e. The highest BCUT2D eigenvalue weighted by atomic mass is 32.2. The molecule has 1 spiro atoms. The summed E-state index contributed by atoms with van der Waals surface area (Å²) in [5.41, 5.74) is 13.4. The first kappa shape index (κ1) is 33.5. The lowest BCUT2D eigenvalue weighted by Gasteiger charge is -2.41. The highest BCUT2D eigenvalue weighted by molar-refractivity contribution is 8.18. The number of unbranched alkanes of at least 4 members (excludes halogenated alkanes) is 6. The van der Waals surface area contributed by atoms with Crippen LogP contribution in [-0.4, -0.2) is 48.0 Å². The molecule has 8 bridgehead atoms. The van der Waals surface area contributed by atoms with Gasteiger partial charge in [0, 0.05) is 72.3 Å². The summed E-state index contributed by atoms with van der Waals surface area (Å²) in [7, 11) is 0. The number of rotatable bonds is 11. The van der Waals surface area contributed by atoms with Gasteiger partial charge in [0.15, 0.2) is 0 Å². The Morgan fingerprint density at radius 1 is 0.638 bits per heavy atom. The van der Waals surface area contributed by atoms with Gasteiger partial charge in [-0.05, 0) is 80.3 Å². The maximum absolute atomic E-state index is 5.46. The Bertz CT molecular complexity index is 1660. The largest absolute Gasteiger partial charge is 0.355 e. The van der Waals surface area contributed by atoms with Crippen LogP contribution in [0.1, 0.15) is 109 Å². The van der Waals surface area contributed by atoms with E-state index in [-0.39, 0.29) is 0 Å². The van der Waals surface area contributed by atoms with Crippen molar-refractivity contribution in [2.45, 2.75) is 82.6 Å². The number of H-pyrrole nitrogens is 2. The van der Waals surface area contributed by atoms with Gasteiger partial charge in [-0.1, -0.05) is 52.4 Å². The molecule has 4 nitrogen and oxygen atoms in total. The SMILES string of the molecule is CCCCCCc1c2nc(c(C3SCC4(CSCSC4)CS3)c3nc(c(CCCCCC)c4ccc(cc5ccc1[nH]5)[nH]4)C=C3)C=C2. The monoisotopic (exact) mass is 700 g/mol. The van der Waals surface area contributed by atoms with Gasteiger partial charge in [0.05, 0.1) is 27.4 Å². The molecule has 3 aromatic heterocycles. The van der Waals surface area contributed by atoms with Crippen molar-refractivity contribution in [3.8, 4) is 0 Å². The van der Waals surface area contributed by atoms with Gasteiger partial charge in [-0.3, -0.25) is 0 Å². The summed E-state index contributed by atoms with van der Waals surface area (Å²) in [4.78, 5) is 18.4. The van der Waals surface area contributed by atoms with Gasteiger partial charge < -0.3 is 9.97 Å². The first-order chi connectivity index (χ1) is 23.1. The third-order valence-electron chi connectivity index (χ3n) is 9.69. The van der Waals surface area contributed by atoms with Crippen molar-refractivity contribution in [2.24, 2.45) is 5.41 Å². The highest BCUT2D eigenvalue weighted by Crippen LogP contribution is 2.54. The second-order valence-electron chi connectivity index (χ2n) is 13.5. The molecule has 0 radical (unpaired) electrons. The van der Waals surface area contributed by atoms with Gasteiger partial charge in [0.2, 0.25) is 0 Å². The van der Waals surface area contributed by atoms with Crippen LogP contribution in [0.5, 0.6) is 0 Å². The van der Waals surface area contributed by atoms with Crippen molar-refractivity contribution in [3.63, 3.8) is 0 Å². The number of fused-ring (bicyclic) bond motifs is 8. The van der Waals surface area contributed by atoms with Crippen molar-refractivity contribution in [1.29, 1.82) is 0 Å². The molecule has 3 aromatic rings. The predicted octanol–water partition coefficient (Wildman–Crippen LogP) is 11.8. The first-order valence-corrected chi connectivity index (χ1v) is 22.0. The van der Waals surface area contributed by atoms with E-state index in [2.05, 4.69) is 125 Å². The molecule has 2 fully saturated rings. The van der Waals surface area contributed by atoms with E-state index in [4.69, 9.17) is 9.97 Å². The molecule has 0 aliphatic carbocycles. The Kier molecular flexibility index (Phi) is 11.2. The minimum atomic E-state index is 0.326. The fourth-order valence-corrected chi connectivity index (χ4v) is 13.7. The topological polar surface area (TPSA) is 57.4 Å². The molecule has 248 valence electrons. The quantitative estimate of drug-likeness (QED) is 0.134. The lowest BCUT2D eigenvalue weighted by atomic mass is 9.99. The van der Waals surface area contributed by atoms with E-state index in [1.54, 1.807) is 0 Å². The van der Waals surface area contributed by atoms with Crippen LogP contribution in [0.25, 0.3) is 46.4 Å². The van der Waals surface area contributed by atoms with Crippen LogP contribution in [0.2, 0.25) is 0 Å². The average Bonchev–Trinajstić information content (AvgIpc) is 3.92. The normalized spacial score (nSPS) is 17.6. The van der Waals surface area contributed by atoms with E-state index in [0.717, 1.165) is 46.7 Å². The molecule has 4 aliphatic rings. The van der Waals surface area contributed by atoms with Crippen LogP contribution in [0.4, 0.5) is 0 Å². The number of hydrogen-bond acceptors (Lipinski definition) is 6. The van der Waals surface area contributed by atoms with Crippen LogP contribution in [0.3, 0.4) is 0 Å². The van der Waals surface area contributed by atoms with Gasteiger partial charge in [0.1, 0.15) is 0 Å². The zero-order valence-electron chi connectivity index (χ0n) is 27.9. The van der Waals surface area contributed by atoms with Crippen LogP contribution in [-0.2, 0) is 12.8 Å². The average molecular weight is 701 g/mol. The number of hydrogen-bond donors (Lipinski definition) is 2. The fourth-order valence-electron chi connectivity index (χ4n) is 7.05. The minimum Gasteiger partial charge on any atom is -0.355 e. The molecule has 7 rings (SSSR count). The number of aryl methyl sites for hydroxylation is 2. The molecule has 4 aliphatic heterocycles. The predicted molar refractivity (Wildman–Crippen MR) is 214 cm³/mol. The molecule has 7 heterocycles. The molecule has 0 amide bonds.